The molecular weight excluding hydrogens is 646 g/mol. The molecule has 0 amide bonds. The third-order valence-corrected chi connectivity index (χ3v) is 9.60. The van der Waals surface area contributed by atoms with Crippen molar-refractivity contribution in [1.82, 2.24) is 9.80 Å². The summed E-state index contributed by atoms with van der Waals surface area (Å²) in [5.41, 5.74) is 4.37. The first-order valence-corrected chi connectivity index (χ1v) is 17.1. The van der Waals surface area contributed by atoms with E-state index in [-0.39, 0.29) is 23.2 Å². The Morgan fingerprint density at radius 2 is 1.34 bits per heavy atom. The van der Waals surface area contributed by atoms with Crippen molar-refractivity contribution in [3.05, 3.63) is 107 Å². The standard InChI is InChI=1S/C35H44F2N2O3.C4H4O4/c1-4-35(32-25-34(41-3)33(40-2)24-28(32)15-23-42-35)16-18-39-21-19-38(20-22-39)17-5-6-31(26-7-11-29(36)12-8-26)27-9-13-30(37)14-10-27;5-3(6)1-2-4(7)8/h7-14,24-25,31H,4-6,15-23H2,1-3H3;1-2H,(H,5,6)(H,7,8)/b;2-1-. The first kappa shape index (κ1) is 38.5. The average molecular weight is 695 g/mol. The largest absolute Gasteiger partial charge is 0.493 e. The van der Waals surface area contributed by atoms with Crippen LogP contribution in [0.5, 0.6) is 11.5 Å². The monoisotopic (exact) mass is 694 g/mol. The molecule has 0 aromatic heterocycles. The van der Waals surface area contributed by atoms with Crippen LogP contribution in [0.15, 0.2) is 72.8 Å². The lowest BCUT2D eigenvalue weighted by Gasteiger charge is -2.41. The van der Waals surface area contributed by atoms with Gasteiger partial charge in [0.25, 0.3) is 0 Å². The molecule has 0 aliphatic carbocycles. The molecule has 0 radical (unpaired) electrons. The highest BCUT2D eigenvalue weighted by atomic mass is 19.1. The molecule has 2 N–H and O–H groups in total. The second-order valence-corrected chi connectivity index (χ2v) is 12.6. The fourth-order valence-electron chi connectivity index (χ4n) is 6.82. The predicted molar refractivity (Wildman–Crippen MR) is 187 cm³/mol. The van der Waals surface area contributed by atoms with Crippen LogP contribution in [0.2, 0.25) is 0 Å². The number of hydrogen-bond donors (Lipinski definition) is 2. The summed E-state index contributed by atoms with van der Waals surface area (Å²) in [6.07, 6.45) is 5.82. The fourth-order valence-corrected chi connectivity index (χ4v) is 6.82. The smallest absolute Gasteiger partial charge is 0.328 e. The predicted octanol–water partition coefficient (Wildman–Crippen LogP) is 6.49. The van der Waals surface area contributed by atoms with Crippen LogP contribution in [0.25, 0.3) is 0 Å². The Bertz CT molecular complexity index is 1510. The van der Waals surface area contributed by atoms with Gasteiger partial charge in [-0.25, -0.2) is 18.4 Å². The molecule has 0 spiro atoms. The highest BCUT2D eigenvalue weighted by Crippen LogP contribution is 2.43. The summed E-state index contributed by atoms with van der Waals surface area (Å²) >= 11 is 0. The molecule has 2 heterocycles. The van der Waals surface area contributed by atoms with Crippen molar-refractivity contribution >= 4 is 11.9 Å². The van der Waals surface area contributed by atoms with Gasteiger partial charge in [0.15, 0.2) is 11.5 Å². The Morgan fingerprint density at radius 1 is 0.840 bits per heavy atom. The lowest BCUT2D eigenvalue weighted by molar-refractivity contribution is -0.134. The summed E-state index contributed by atoms with van der Waals surface area (Å²) in [6.45, 7) is 9.11. The zero-order valence-corrected chi connectivity index (χ0v) is 29.1. The van der Waals surface area contributed by atoms with Gasteiger partial charge in [0.05, 0.1) is 26.4 Å². The number of halogens is 2. The number of methoxy groups -OCH3 is 2. The number of piperazine rings is 1. The third-order valence-electron chi connectivity index (χ3n) is 9.60. The maximum Gasteiger partial charge on any atom is 0.328 e. The van der Waals surface area contributed by atoms with Gasteiger partial charge in [-0.2, -0.15) is 0 Å². The van der Waals surface area contributed by atoms with Crippen LogP contribution in [-0.4, -0.2) is 92.0 Å². The van der Waals surface area contributed by atoms with Crippen molar-refractivity contribution in [3.63, 3.8) is 0 Å². The summed E-state index contributed by atoms with van der Waals surface area (Å²) in [5.74, 6) is -1.33. The molecule has 0 bridgehead atoms. The van der Waals surface area contributed by atoms with E-state index in [4.69, 9.17) is 24.4 Å². The summed E-state index contributed by atoms with van der Waals surface area (Å²) in [4.78, 5) is 24.2. The lowest BCUT2D eigenvalue weighted by atomic mass is 9.81. The molecule has 3 aromatic carbocycles. The van der Waals surface area contributed by atoms with E-state index < -0.39 is 11.9 Å². The van der Waals surface area contributed by atoms with Crippen LogP contribution in [0.1, 0.15) is 60.8 Å². The second-order valence-electron chi connectivity index (χ2n) is 12.6. The first-order chi connectivity index (χ1) is 24.1. The van der Waals surface area contributed by atoms with E-state index in [1.165, 1.54) is 35.4 Å². The number of rotatable bonds is 14. The quantitative estimate of drug-likeness (QED) is 0.183. The number of ether oxygens (including phenoxy) is 3. The van der Waals surface area contributed by atoms with Gasteiger partial charge < -0.3 is 34.2 Å². The van der Waals surface area contributed by atoms with Crippen molar-refractivity contribution < 1.29 is 42.8 Å². The molecule has 1 atom stereocenters. The number of fused-ring (bicyclic) bond motifs is 1. The minimum atomic E-state index is -1.26. The molecular formula is C39H48F2N2O7. The van der Waals surface area contributed by atoms with Gasteiger partial charge in [-0.05, 0) is 97.3 Å². The maximum absolute atomic E-state index is 13.6. The number of carboxylic acids is 2. The number of nitrogens with zero attached hydrogens (tertiary/aromatic N) is 2. The van der Waals surface area contributed by atoms with Crippen LogP contribution >= 0.6 is 0 Å². The van der Waals surface area contributed by atoms with Gasteiger partial charge in [0, 0.05) is 50.8 Å². The summed E-state index contributed by atoms with van der Waals surface area (Å²) < 4.78 is 44.9. The van der Waals surface area contributed by atoms with Gasteiger partial charge in [-0.15, -0.1) is 0 Å². The molecule has 1 unspecified atom stereocenters. The Labute approximate surface area is 293 Å². The van der Waals surface area contributed by atoms with E-state index in [2.05, 4.69) is 28.9 Å². The molecule has 5 rings (SSSR count). The van der Waals surface area contributed by atoms with Crippen molar-refractivity contribution in [1.29, 1.82) is 0 Å². The Morgan fingerprint density at radius 3 is 1.82 bits per heavy atom. The van der Waals surface area contributed by atoms with E-state index in [1.807, 2.05) is 24.3 Å². The summed E-state index contributed by atoms with van der Waals surface area (Å²) in [5, 5.41) is 15.6. The van der Waals surface area contributed by atoms with Crippen molar-refractivity contribution in [2.75, 3.05) is 60.1 Å². The molecule has 3 aromatic rings. The first-order valence-electron chi connectivity index (χ1n) is 17.1. The Hall–Kier alpha value is -4.32. The number of carboxylic acid groups (broad SMARTS) is 2. The minimum absolute atomic E-state index is 0.120. The van der Waals surface area contributed by atoms with Gasteiger partial charge in [-0.3, -0.25) is 0 Å². The number of hydrogen-bond acceptors (Lipinski definition) is 7. The number of benzene rings is 3. The summed E-state index contributed by atoms with van der Waals surface area (Å²) in [7, 11) is 3.37. The number of aliphatic carboxylic acids is 2. The zero-order valence-electron chi connectivity index (χ0n) is 29.1. The topological polar surface area (TPSA) is 109 Å². The highest BCUT2D eigenvalue weighted by Gasteiger charge is 2.38. The maximum atomic E-state index is 13.6. The highest BCUT2D eigenvalue weighted by molar-refractivity contribution is 5.89. The van der Waals surface area contributed by atoms with Crippen molar-refractivity contribution in [3.8, 4) is 11.5 Å². The van der Waals surface area contributed by atoms with Crippen LogP contribution in [-0.2, 0) is 26.3 Å². The van der Waals surface area contributed by atoms with Gasteiger partial charge >= 0.3 is 11.9 Å². The van der Waals surface area contributed by atoms with E-state index in [0.717, 1.165) is 101 Å². The van der Waals surface area contributed by atoms with E-state index in [9.17, 15) is 18.4 Å². The second kappa shape index (κ2) is 18.6. The molecule has 1 saturated heterocycles. The van der Waals surface area contributed by atoms with Crippen LogP contribution in [0.3, 0.4) is 0 Å². The van der Waals surface area contributed by atoms with Crippen molar-refractivity contribution in [2.45, 2.75) is 50.5 Å². The molecule has 2 aliphatic rings. The molecule has 270 valence electrons. The molecule has 1 fully saturated rings. The van der Waals surface area contributed by atoms with Gasteiger partial charge in [0.1, 0.15) is 11.6 Å². The third kappa shape index (κ3) is 10.6. The Balaban J connectivity index is 0.000000627. The minimum Gasteiger partial charge on any atom is -0.493 e. The van der Waals surface area contributed by atoms with Crippen LogP contribution < -0.4 is 9.47 Å². The van der Waals surface area contributed by atoms with Crippen LogP contribution in [0.4, 0.5) is 8.78 Å². The fraction of sp³-hybridized carbons (Fsp3) is 0.436. The van der Waals surface area contributed by atoms with E-state index in [0.29, 0.717) is 12.2 Å². The van der Waals surface area contributed by atoms with E-state index in [1.54, 1.807) is 14.2 Å². The van der Waals surface area contributed by atoms with E-state index >= 15 is 0 Å². The van der Waals surface area contributed by atoms with Crippen molar-refractivity contribution in [2.24, 2.45) is 0 Å². The molecule has 11 heteroatoms. The summed E-state index contributed by atoms with van der Waals surface area (Å²) in [6, 6.07) is 17.7. The molecule has 2 aliphatic heterocycles. The number of carbonyl (C=O) groups is 2. The molecule has 0 saturated carbocycles. The zero-order chi connectivity index (χ0) is 36.1. The lowest BCUT2D eigenvalue weighted by Crippen LogP contribution is -2.48. The Kier molecular flexibility index (Phi) is 14.3. The molecule has 9 nitrogen and oxygen atoms in total. The van der Waals surface area contributed by atoms with Crippen LogP contribution in [0, 0.1) is 11.6 Å². The van der Waals surface area contributed by atoms with Gasteiger partial charge in [-0.1, -0.05) is 31.2 Å². The molecule has 50 heavy (non-hydrogen) atoms. The SMILES string of the molecule is CCC1(CCN2CCN(CCCC(c3ccc(F)cc3)c3ccc(F)cc3)CC2)OCCc2cc(OC)c(OC)cc21.O=C(O)/C=C\C(=O)O. The van der Waals surface area contributed by atoms with Gasteiger partial charge in [0.2, 0.25) is 0 Å². The normalized spacial score (nSPS) is 18.0. The average Bonchev–Trinajstić information content (AvgIpc) is 3.12.